The molecule has 1 aliphatic carbocycles. The lowest BCUT2D eigenvalue weighted by Crippen LogP contribution is -2.37. The van der Waals surface area contributed by atoms with Crippen LogP contribution in [0.25, 0.3) is 22.5 Å². The van der Waals surface area contributed by atoms with Crippen molar-refractivity contribution < 1.29 is 24.2 Å². The number of fused-ring (bicyclic) bond motifs is 1. The predicted molar refractivity (Wildman–Crippen MR) is 206 cm³/mol. The van der Waals surface area contributed by atoms with Crippen molar-refractivity contribution in [3.8, 4) is 28.4 Å². The van der Waals surface area contributed by atoms with Crippen LogP contribution < -0.4 is 20.7 Å². The number of nitrogens with zero attached hydrogens (tertiary/aromatic N) is 5. The van der Waals surface area contributed by atoms with Gasteiger partial charge in [-0.25, -0.2) is 9.97 Å². The van der Waals surface area contributed by atoms with Gasteiger partial charge in [0, 0.05) is 81.5 Å². The summed E-state index contributed by atoms with van der Waals surface area (Å²) in [5, 5.41) is 19.3. The summed E-state index contributed by atoms with van der Waals surface area (Å²) in [6.07, 6.45) is 7.05. The van der Waals surface area contributed by atoms with Crippen LogP contribution in [0.2, 0.25) is 10.0 Å². The van der Waals surface area contributed by atoms with E-state index >= 15 is 0 Å². The van der Waals surface area contributed by atoms with E-state index in [-0.39, 0.29) is 28.8 Å². The number of carboxylic acid groups (broad SMARTS) is 1. The molecule has 1 aromatic carbocycles. The van der Waals surface area contributed by atoms with E-state index in [0.717, 1.165) is 68.6 Å². The molecule has 0 spiro atoms. The molecule has 3 aromatic heterocycles. The number of nitrogens with one attached hydrogen (secondary N) is 3. The molecule has 0 unspecified atom stereocenters. The van der Waals surface area contributed by atoms with Gasteiger partial charge in [0.05, 0.1) is 51.5 Å². The zero-order valence-corrected chi connectivity index (χ0v) is 31.8. The summed E-state index contributed by atoms with van der Waals surface area (Å²) in [4.78, 5) is 53.0. The molecule has 3 aliphatic rings. The molecular formula is C39H44Cl2N8O5. The molecule has 13 nitrogen and oxygen atoms in total. The van der Waals surface area contributed by atoms with Crippen molar-refractivity contribution >= 4 is 46.7 Å². The minimum Gasteiger partial charge on any atom is -0.481 e. The standard InChI is InChI=1S/C39H44Cl2N8O5/c1-48-31-21-49(20-22-6-8-23(9-7-22)39(52)53)17-15-29(31)45-36(48)37(51)46-30-5-3-4-27(33(30)40)35-34(41)26(14-16-43-35)28-12-10-24(38(47-28)54-2)18-42-19-25-11-13-32(50)44-25/h3-5,10,12,14,16,22-23,25,42H,6-9,11,13,15,17-21H2,1-2H3,(H,44,50)(H,46,51)(H,52,53)/t22-,23-,25-/m0/s1. The molecule has 2 fully saturated rings. The average Bonchev–Trinajstić information content (AvgIpc) is 3.74. The number of hydrogen-bond acceptors (Lipinski definition) is 9. The fourth-order valence-electron chi connectivity index (χ4n) is 7.82. The first-order chi connectivity index (χ1) is 26.1. The van der Waals surface area contributed by atoms with E-state index in [9.17, 15) is 19.5 Å². The second kappa shape index (κ2) is 16.4. The maximum absolute atomic E-state index is 13.7. The van der Waals surface area contributed by atoms with Gasteiger partial charge in [-0.1, -0.05) is 41.4 Å². The van der Waals surface area contributed by atoms with Crippen LogP contribution in [0.15, 0.2) is 42.6 Å². The number of methoxy groups -OCH3 is 1. The van der Waals surface area contributed by atoms with Crippen molar-refractivity contribution in [2.24, 2.45) is 18.9 Å². The van der Waals surface area contributed by atoms with Gasteiger partial charge in [0.1, 0.15) is 0 Å². The van der Waals surface area contributed by atoms with Gasteiger partial charge in [0.15, 0.2) is 5.82 Å². The van der Waals surface area contributed by atoms with Gasteiger partial charge in [-0.05, 0) is 56.2 Å². The highest BCUT2D eigenvalue weighted by Crippen LogP contribution is 2.40. The van der Waals surface area contributed by atoms with Gasteiger partial charge in [-0.2, -0.15) is 0 Å². The van der Waals surface area contributed by atoms with Gasteiger partial charge in [-0.3, -0.25) is 24.3 Å². The van der Waals surface area contributed by atoms with Crippen LogP contribution in [0.5, 0.6) is 5.88 Å². The summed E-state index contributed by atoms with van der Waals surface area (Å²) in [6.45, 7) is 3.61. The highest BCUT2D eigenvalue weighted by molar-refractivity contribution is 6.39. The number of halogens is 2. The molecule has 15 heteroatoms. The van der Waals surface area contributed by atoms with Gasteiger partial charge in [0.2, 0.25) is 11.8 Å². The molecule has 1 saturated carbocycles. The minimum absolute atomic E-state index is 0.0824. The lowest BCUT2D eigenvalue weighted by atomic mass is 9.81. The minimum atomic E-state index is -0.686. The molecule has 2 aliphatic heterocycles. The van der Waals surface area contributed by atoms with Gasteiger partial charge in [0.25, 0.3) is 5.91 Å². The number of carboxylic acids is 1. The molecule has 0 bridgehead atoms. The molecule has 7 rings (SSSR count). The fraction of sp³-hybridized carbons (Fsp3) is 0.436. The summed E-state index contributed by atoms with van der Waals surface area (Å²) in [5.41, 5.74) is 5.39. The average molecular weight is 776 g/mol. The number of imidazole rings is 1. The summed E-state index contributed by atoms with van der Waals surface area (Å²) >= 11 is 14.0. The van der Waals surface area contributed by atoms with Crippen LogP contribution in [0, 0.1) is 11.8 Å². The van der Waals surface area contributed by atoms with Gasteiger partial charge < -0.3 is 30.4 Å². The second-order valence-electron chi connectivity index (χ2n) is 14.4. The Morgan fingerprint density at radius 1 is 1.02 bits per heavy atom. The molecule has 0 radical (unpaired) electrons. The van der Waals surface area contributed by atoms with Crippen molar-refractivity contribution in [1.82, 2.24) is 35.1 Å². The third-order valence-electron chi connectivity index (χ3n) is 10.8. The van der Waals surface area contributed by atoms with Crippen molar-refractivity contribution in [1.29, 1.82) is 0 Å². The topological polar surface area (TPSA) is 164 Å². The summed E-state index contributed by atoms with van der Waals surface area (Å²) in [6, 6.07) is 11.0. The number of ether oxygens (including phenoxy) is 1. The Bertz CT molecular complexity index is 2060. The zero-order valence-electron chi connectivity index (χ0n) is 30.3. The molecular weight excluding hydrogens is 731 g/mol. The first-order valence-corrected chi connectivity index (χ1v) is 19.1. The van der Waals surface area contributed by atoms with E-state index in [1.54, 1.807) is 37.6 Å². The Kier molecular flexibility index (Phi) is 11.5. The van der Waals surface area contributed by atoms with E-state index in [4.69, 9.17) is 37.9 Å². The van der Waals surface area contributed by atoms with Gasteiger partial charge >= 0.3 is 5.97 Å². The van der Waals surface area contributed by atoms with Crippen LogP contribution in [0.3, 0.4) is 0 Å². The van der Waals surface area contributed by atoms with Gasteiger partial charge in [-0.15, -0.1) is 0 Å². The van der Waals surface area contributed by atoms with Crippen molar-refractivity contribution in [3.63, 3.8) is 0 Å². The zero-order chi connectivity index (χ0) is 37.9. The third kappa shape index (κ3) is 8.09. The Labute approximate surface area is 323 Å². The summed E-state index contributed by atoms with van der Waals surface area (Å²) in [5.74, 6) is 0.0236. The number of carbonyl (C=O) groups is 3. The molecule has 1 atom stereocenters. The highest BCUT2D eigenvalue weighted by atomic mass is 35.5. The number of anilines is 1. The first kappa shape index (κ1) is 37.7. The largest absolute Gasteiger partial charge is 0.481 e. The van der Waals surface area contributed by atoms with Crippen molar-refractivity contribution in [2.45, 2.75) is 64.1 Å². The van der Waals surface area contributed by atoms with E-state index in [2.05, 4.69) is 25.8 Å². The van der Waals surface area contributed by atoms with E-state index < -0.39 is 5.97 Å². The quantitative estimate of drug-likeness (QED) is 0.140. The second-order valence-corrected chi connectivity index (χ2v) is 15.1. The monoisotopic (exact) mass is 774 g/mol. The fourth-order valence-corrected chi connectivity index (χ4v) is 8.39. The SMILES string of the molecule is COc1nc(-c2ccnc(-c3cccc(NC(=O)c4nc5c(n4C)CN(C[C@H]4CC[C@H](C(=O)O)CC4)CC5)c3Cl)c2Cl)ccc1CNC[C@@H]1CCC(=O)N1. The number of aromatic nitrogens is 4. The Morgan fingerprint density at radius 3 is 2.57 bits per heavy atom. The maximum Gasteiger partial charge on any atom is 0.306 e. The molecule has 54 heavy (non-hydrogen) atoms. The van der Waals surface area contributed by atoms with E-state index in [1.165, 1.54) is 0 Å². The number of hydrogen-bond donors (Lipinski definition) is 4. The number of amides is 2. The third-order valence-corrected chi connectivity index (χ3v) is 11.6. The maximum atomic E-state index is 13.7. The Balaban J connectivity index is 1.03. The number of pyridine rings is 2. The molecule has 4 N–H and O–H groups in total. The number of carbonyl (C=O) groups excluding carboxylic acids is 2. The lowest BCUT2D eigenvalue weighted by molar-refractivity contribution is -0.143. The Hall–Kier alpha value is -4.56. The van der Waals surface area contributed by atoms with E-state index in [1.807, 2.05) is 23.7 Å². The lowest BCUT2D eigenvalue weighted by Gasteiger charge is -2.33. The summed E-state index contributed by atoms with van der Waals surface area (Å²) in [7, 11) is 3.43. The number of aliphatic carboxylic acids is 1. The van der Waals surface area contributed by atoms with Crippen LogP contribution >= 0.6 is 23.2 Å². The summed E-state index contributed by atoms with van der Waals surface area (Å²) < 4.78 is 7.48. The Morgan fingerprint density at radius 2 is 1.83 bits per heavy atom. The smallest absolute Gasteiger partial charge is 0.306 e. The van der Waals surface area contributed by atoms with Crippen LogP contribution in [0.4, 0.5) is 5.69 Å². The highest BCUT2D eigenvalue weighted by Gasteiger charge is 2.30. The normalized spacial score (nSPS) is 20.0. The number of benzene rings is 1. The van der Waals surface area contributed by atoms with E-state index in [0.29, 0.717) is 76.9 Å². The van der Waals surface area contributed by atoms with Crippen LogP contribution in [-0.4, -0.2) is 80.1 Å². The van der Waals surface area contributed by atoms with Crippen molar-refractivity contribution in [2.75, 3.05) is 32.1 Å². The molecule has 1 saturated heterocycles. The molecule has 5 heterocycles. The first-order valence-electron chi connectivity index (χ1n) is 18.4. The van der Waals surface area contributed by atoms with Crippen LogP contribution in [-0.2, 0) is 36.1 Å². The molecule has 284 valence electrons. The van der Waals surface area contributed by atoms with Crippen molar-refractivity contribution in [3.05, 3.63) is 75.4 Å². The van der Waals surface area contributed by atoms with Crippen LogP contribution in [0.1, 0.15) is 66.1 Å². The number of rotatable bonds is 12. The predicted octanol–water partition coefficient (Wildman–Crippen LogP) is 5.73. The molecule has 2 amide bonds. The molecule has 4 aromatic rings.